The predicted molar refractivity (Wildman–Crippen MR) is 80.6 cm³/mol. The number of aryl methyl sites for hydroxylation is 1. The Bertz CT molecular complexity index is 652. The summed E-state index contributed by atoms with van der Waals surface area (Å²) in [6.07, 6.45) is 1.95. The minimum atomic E-state index is -3.77. The van der Waals surface area contributed by atoms with Gasteiger partial charge in [0.2, 0.25) is 10.0 Å². The van der Waals surface area contributed by atoms with Crippen LogP contribution in [0.15, 0.2) is 29.2 Å². The van der Waals surface area contributed by atoms with Gasteiger partial charge in [0, 0.05) is 5.75 Å². The number of nitrogens with zero attached hydrogens (tertiary/aromatic N) is 1. The van der Waals surface area contributed by atoms with Crippen molar-refractivity contribution < 1.29 is 18.3 Å². The number of benzene rings is 1. The van der Waals surface area contributed by atoms with Gasteiger partial charge in [-0.25, -0.2) is 8.42 Å². The fourth-order valence-corrected chi connectivity index (χ4v) is 6.36. The van der Waals surface area contributed by atoms with Gasteiger partial charge in [0.05, 0.1) is 10.3 Å². The first-order chi connectivity index (χ1) is 9.91. The first-order valence-electron chi connectivity index (χ1n) is 6.86. The molecular weight excluding hydrogens is 310 g/mol. The van der Waals surface area contributed by atoms with Crippen molar-refractivity contribution in [1.29, 1.82) is 0 Å². The molecule has 0 spiro atoms. The van der Waals surface area contributed by atoms with E-state index in [4.69, 9.17) is 0 Å². The van der Waals surface area contributed by atoms with Crippen molar-refractivity contribution >= 4 is 27.8 Å². The molecule has 5 nitrogen and oxygen atoms in total. The minimum absolute atomic E-state index is 0.174. The van der Waals surface area contributed by atoms with E-state index in [0.717, 1.165) is 18.4 Å². The molecule has 114 valence electrons. The number of rotatable bonds is 4. The Morgan fingerprint density at radius 2 is 1.90 bits per heavy atom. The Hall–Kier alpha value is -1.05. The SMILES string of the molecule is Cc1ccc(S(=O)(=O)N2C(C(=O)O)CSC2C2CC2)cc1. The highest BCUT2D eigenvalue weighted by molar-refractivity contribution is 8.01. The zero-order chi connectivity index (χ0) is 15.2. The van der Waals surface area contributed by atoms with Crippen molar-refractivity contribution in [2.45, 2.75) is 36.1 Å². The largest absolute Gasteiger partial charge is 0.480 e. The van der Waals surface area contributed by atoms with E-state index in [1.54, 1.807) is 24.3 Å². The van der Waals surface area contributed by atoms with Gasteiger partial charge in [-0.1, -0.05) is 17.7 Å². The Labute approximate surface area is 128 Å². The predicted octanol–water partition coefficient (Wildman–Crippen LogP) is 1.92. The zero-order valence-electron chi connectivity index (χ0n) is 11.6. The minimum Gasteiger partial charge on any atom is -0.480 e. The quantitative estimate of drug-likeness (QED) is 0.914. The summed E-state index contributed by atoms with van der Waals surface area (Å²) in [5.41, 5.74) is 0.971. The summed E-state index contributed by atoms with van der Waals surface area (Å²) in [7, 11) is -3.77. The summed E-state index contributed by atoms with van der Waals surface area (Å²) in [5, 5.41) is 9.10. The van der Waals surface area contributed by atoms with E-state index >= 15 is 0 Å². The number of hydrogen-bond donors (Lipinski definition) is 1. The third kappa shape index (κ3) is 2.69. The summed E-state index contributed by atoms with van der Waals surface area (Å²) in [6.45, 7) is 1.88. The van der Waals surface area contributed by atoms with Gasteiger partial charge < -0.3 is 5.11 Å². The maximum atomic E-state index is 12.9. The molecule has 1 heterocycles. The molecule has 1 saturated carbocycles. The summed E-state index contributed by atoms with van der Waals surface area (Å²) < 4.78 is 26.9. The van der Waals surface area contributed by atoms with Crippen molar-refractivity contribution in [3.05, 3.63) is 29.8 Å². The number of carbonyl (C=O) groups is 1. The molecule has 2 atom stereocenters. The van der Waals surface area contributed by atoms with Crippen LogP contribution >= 0.6 is 11.8 Å². The molecule has 1 aliphatic carbocycles. The zero-order valence-corrected chi connectivity index (χ0v) is 13.2. The standard InChI is InChI=1S/C14H17NO4S2/c1-9-2-6-11(7-3-9)21(18,19)15-12(14(16)17)8-20-13(15)10-4-5-10/h2-3,6-7,10,12-13H,4-5,8H2,1H3,(H,16,17). The number of hydrogen-bond acceptors (Lipinski definition) is 4. The molecule has 1 N–H and O–H groups in total. The number of aliphatic carboxylic acids is 1. The van der Waals surface area contributed by atoms with Gasteiger partial charge in [0.25, 0.3) is 0 Å². The lowest BCUT2D eigenvalue weighted by molar-refractivity contribution is -0.140. The van der Waals surface area contributed by atoms with Gasteiger partial charge >= 0.3 is 5.97 Å². The second kappa shape index (κ2) is 5.30. The molecule has 2 fully saturated rings. The van der Waals surface area contributed by atoms with E-state index in [1.807, 2.05) is 6.92 Å². The highest BCUT2D eigenvalue weighted by atomic mass is 32.2. The van der Waals surface area contributed by atoms with E-state index in [-0.39, 0.29) is 10.3 Å². The second-order valence-electron chi connectivity index (χ2n) is 5.56. The van der Waals surface area contributed by atoms with E-state index < -0.39 is 22.0 Å². The van der Waals surface area contributed by atoms with Crippen molar-refractivity contribution in [2.75, 3.05) is 5.75 Å². The third-order valence-electron chi connectivity index (χ3n) is 3.89. The molecule has 1 aliphatic heterocycles. The fourth-order valence-electron chi connectivity index (χ4n) is 2.56. The Kier molecular flexibility index (Phi) is 3.75. The van der Waals surface area contributed by atoms with Crippen LogP contribution in [0.4, 0.5) is 0 Å². The van der Waals surface area contributed by atoms with Crippen LogP contribution in [0.1, 0.15) is 18.4 Å². The van der Waals surface area contributed by atoms with Crippen LogP contribution in [0.2, 0.25) is 0 Å². The Morgan fingerprint density at radius 3 is 2.43 bits per heavy atom. The number of thioether (sulfide) groups is 1. The highest BCUT2D eigenvalue weighted by Crippen LogP contribution is 2.47. The maximum Gasteiger partial charge on any atom is 0.322 e. The number of carboxylic acid groups (broad SMARTS) is 1. The molecule has 1 saturated heterocycles. The van der Waals surface area contributed by atoms with Crippen molar-refractivity contribution in [3.8, 4) is 0 Å². The van der Waals surface area contributed by atoms with Gasteiger partial charge in [0.1, 0.15) is 6.04 Å². The van der Waals surface area contributed by atoms with Crippen molar-refractivity contribution in [2.24, 2.45) is 5.92 Å². The molecule has 0 aromatic heterocycles. The lowest BCUT2D eigenvalue weighted by Gasteiger charge is -2.26. The topological polar surface area (TPSA) is 74.7 Å². The van der Waals surface area contributed by atoms with E-state index in [1.165, 1.54) is 16.1 Å². The maximum absolute atomic E-state index is 12.9. The molecule has 2 aliphatic rings. The Balaban J connectivity index is 2.00. The number of sulfonamides is 1. The summed E-state index contributed by atoms with van der Waals surface area (Å²) in [4.78, 5) is 11.6. The normalized spacial score (nSPS) is 26.9. The summed E-state index contributed by atoms with van der Waals surface area (Å²) in [6, 6.07) is 5.61. The van der Waals surface area contributed by atoms with Crippen LogP contribution in [-0.2, 0) is 14.8 Å². The van der Waals surface area contributed by atoms with Gasteiger partial charge in [-0.05, 0) is 37.8 Å². The fraction of sp³-hybridized carbons (Fsp3) is 0.500. The molecule has 1 aromatic rings. The summed E-state index contributed by atoms with van der Waals surface area (Å²) in [5.74, 6) is -0.456. The van der Waals surface area contributed by atoms with Gasteiger partial charge in [0.15, 0.2) is 0 Å². The highest BCUT2D eigenvalue weighted by Gasteiger charge is 2.51. The monoisotopic (exact) mass is 327 g/mol. The van der Waals surface area contributed by atoms with Gasteiger partial charge in [-0.15, -0.1) is 11.8 Å². The average Bonchev–Trinajstić information content (AvgIpc) is 3.17. The third-order valence-corrected chi connectivity index (χ3v) is 7.39. The van der Waals surface area contributed by atoms with Gasteiger partial charge in [-0.2, -0.15) is 4.31 Å². The van der Waals surface area contributed by atoms with Crippen molar-refractivity contribution in [3.63, 3.8) is 0 Å². The molecule has 7 heteroatoms. The summed E-state index contributed by atoms with van der Waals surface area (Å²) >= 11 is 1.45. The molecule has 0 radical (unpaired) electrons. The van der Waals surface area contributed by atoms with Crippen LogP contribution < -0.4 is 0 Å². The van der Waals surface area contributed by atoms with Crippen LogP contribution in [0.5, 0.6) is 0 Å². The van der Waals surface area contributed by atoms with Crippen LogP contribution in [0, 0.1) is 12.8 Å². The molecule has 2 unspecified atom stereocenters. The van der Waals surface area contributed by atoms with E-state index in [2.05, 4.69) is 0 Å². The molecule has 1 aromatic carbocycles. The molecule has 21 heavy (non-hydrogen) atoms. The van der Waals surface area contributed by atoms with Gasteiger partial charge in [-0.3, -0.25) is 4.79 Å². The van der Waals surface area contributed by atoms with Crippen LogP contribution in [0.3, 0.4) is 0 Å². The van der Waals surface area contributed by atoms with Crippen LogP contribution in [-0.4, -0.2) is 41.0 Å². The average molecular weight is 327 g/mol. The van der Waals surface area contributed by atoms with Crippen LogP contribution in [0.25, 0.3) is 0 Å². The smallest absolute Gasteiger partial charge is 0.322 e. The molecule has 3 rings (SSSR count). The first kappa shape index (κ1) is 14.9. The van der Waals surface area contributed by atoms with Crippen molar-refractivity contribution in [1.82, 2.24) is 4.31 Å². The molecule has 0 amide bonds. The lowest BCUT2D eigenvalue weighted by atomic mass is 10.2. The second-order valence-corrected chi connectivity index (χ2v) is 8.56. The number of carboxylic acids is 1. The molecule has 0 bridgehead atoms. The Morgan fingerprint density at radius 1 is 1.29 bits per heavy atom. The van der Waals surface area contributed by atoms with E-state index in [9.17, 15) is 18.3 Å². The molecular formula is C14H17NO4S2. The lowest BCUT2D eigenvalue weighted by Crippen LogP contribution is -2.46. The van der Waals surface area contributed by atoms with E-state index in [0.29, 0.717) is 11.7 Å². The first-order valence-corrected chi connectivity index (χ1v) is 9.35.